The Morgan fingerprint density at radius 1 is 0.811 bits per heavy atom. The Labute approximate surface area is 218 Å². The number of anilines is 1. The summed E-state index contributed by atoms with van der Waals surface area (Å²) in [5, 5.41) is 2.87. The number of nitrogens with zero attached hydrogens (tertiary/aromatic N) is 1. The van der Waals surface area contributed by atoms with Gasteiger partial charge in [0.15, 0.2) is 23.0 Å². The number of carbonyl (C=O) groups excluding carboxylic acids is 1. The molecule has 0 aliphatic rings. The number of hydrogen-bond acceptors (Lipinski definition) is 7. The molecule has 37 heavy (non-hydrogen) atoms. The van der Waals surface area contributed by atoms with Crippen LogP contribution >= 0.6 is 0 Å². The molecule has 0 heterocycles. The van der Waals surface area contributed by atoms with Gasteiger partial charge in [0.25, 0.3) is 10.0 Å². The van der Waals surface area contributed by atoms with E-state index < -0.39 is 28.5 Å². The summed E-state index contributed by atoms with van der Waals surface area (Å²) in [5.41, 5.74) is 1.94. The SMILES string of the molecule is COc1ccc([C@@H](C)NC(=O)CN(c2ccc(OC)c(OC)c2)S(=O)(=O)c2ccc(C)cc2)cc1OC. The Balaban J connectivity index is 1.94. The van der Waals surface area contributed by atoms with Gasteiger partial charge in [0.1, 0.15) is 6.54 Å². The summed E-state index contributed by atoms with van der Waals surface area (Å²) in [4.78, 5) is 13.2. The molecule has 0 spiro atoms. The van der Waals surface area contributed by atoms with Crippen LogP contribution in [0.3, 0.4) is 0 Å². The van der Waals surface area contributed by atoms with Crippen LogP contribution in [-0.2, 0) is 14.8 Å². The number of benzene rings is 3. The molecule has 0 bridgehead atoms. The second-order valence-corrected chi connectivity index (χ2v) is 10.1. The Hall–Kier alpha value is -3.92. The van der Waals surface area contributed by atoms with Crippen molar-refractivity contribution in [1.82, 2.24) is 5.32 Å². The number of nitrogens with one attached hydrogen (secondary N) is 1. The minimum absolute atomic E-state index is 0.0635. The summed E-state index contributed by atoms with van der Waals surface area (Å²) >= 11 is 0. The van der Waals surface area contributed by atoms with Gasteiger partial charge >= 0.3 is 0 Å². The first-order valence-corrected chi connectivity index (χ1v) is 12.9. The maximum atomic E-state index is 13.7. The van der Waals surface area contributed by atoms with E-state index in [9.17, 15) is 13.2 Å². The maximum absolute atomic E-state index is 13.7. The van der Waals surface area contributed by atoms with E-state index in [0.717, 1.165) is 15.4 Å². The Morgan fingerprint density at radius 3 is 1.92 bits per heavy atom. The van der Waals surface area contributed by atoms with Crippen LogP contribution in [0, 0.1) is 6.92 Å². The minimum atomic E-state index is -4.09. The van der Waals surface area contributed by atoms with Gasteiger partial charge in [0, 0.05) is 6.07 Å². The highest BCUT2D eigenvalue weighted by atomic mass is 32.2. The average molecular weight is 529 g/mol. The van der Waals surface area contributed by atoms with E-state index in [1.54, 1.807) is 56.5 Å². The number of aryl methyl sites for hydroxylation is 1. The summed E-state index contributed by atoms with van der Waals surface area (Å²) in [6.07, 6.45) is 0. The second kappa shape index (κ2) is 11.9. The zero-order valence-electron chi connectivity index (χ0n) is 21.8. The van der Waals surface area contributed by atoms with Gasteiger partial charge in [-0.1, -0.05) is 23.8 Å². The molecule has 1 N–H and O–H groups in total. The normalized spacial score (nSPS) is 11.8. The first-order valence-electron chi connectivity index (χ1n) is 11.5. The Kier molecular flexibility index (Phi) is 8.88. The van der Waals surface area contributed by atoms with Crippen molar-refractivity contribution in [3.63, 3.8) is 0 Å². The quantitative estimate of drug-likeness (QED) is 0.400. The van der Waals surface area contributed by atoms with E-state index in [4.69, 9.17) is 18.9 Å². The maximum Gasteiger partial charge on any atom is 0.264 e. The van der Waals surface area contributed by atoms with Gasteiger partial charge in [0.2, 0.25) is 5.91 Å². The summed E-state index contributed by atoms with van der Waals surface area (Å²) in [5.74, 6) is 1.37. The van der Waals surface area contributed by atoms with Crippen LogP contribution in [0.15, 0.2) is 65.6 Å². The van der Waals surface area contributed by atoms with Crippen molar-refractivity contribution in [1.29, 1.82) is 0 Å². The van der Waals surface area contributed by atoms with Gasteiger partial charge < -0.3 is 24.3 Å². The fraction of sp³-hybridized carbons (Fsp3) is 0.296. The summed E-state index contributed by atoms with van der Waals surface area (Å²) in [6.45, 7) is 3.21. The van der Waals surface area contributed by atoms with Crippen LogP contribution in [0.2, 0.25) is 0 Å². The largest absolute Gasteiger partial charge is 0.493 e. The van der Waals surface area contributed by atoms with Crippen molar-refractivity contribution in [2.45, 2.75) is 24.8 Å². The van der Waals surface area contributed by atoms with Crippen molar-refractivity contribution in [3.05, 3.63) is 71.8 Å². The number of ether oxygens (including phenoxy) is 4. The minimum Gasteiger partial charge on any atom is -0.493 e. The van der Waals surface area contributed by atoms with Gasteiger partial charge in [-0.3, -0.25) is 9.10 Å². The van der Waals surface area contributed by atoms with Crippen molar-refractivity contribution in [3.8, 4) is 23.0 Å². The molecule has 0 unspecified atom stereocenters. The number of carbonyl (C=O) groups is 1. The van der Waals surface area contributed by atoms with Gasteiger partial charge in [-0.25, -0.2) is 8.42 Å². The molecule has 0 saturated carbocycles. The number of rotatable bonds is 11. The zero-order valence-corrected chi connectivity index (χ0v) is 22.6. The molecule has 3 aromatic carbocycles. The number of methoxy groups -OCH3 is 4. The van der Waals surface area contributed by atoms with E-state index in [1.165, 1.54) is 39.5 Å². The summed E-state index contributed by atoms with van der Waals surface area (Å²) in [7, 11) is 1.92. The molecular formula is C27H32N2O7S. The van der Waals surface area contributed by atoms with Gasteiger partial charge in [0.05, 0.1) is 45.1 Å². The molecule has 3 aromatic rings. The van der Waals surface area contributed by atoms with Crippen LogP contribution in [0.4, 0.5) is 5.69 Å². The Morgan fingerprint density at radius 2 is 1.35 bits per heavy atom. The molecular weight excluding hydrogens is 496 g/mol. The van der Waals surface area contributed by atoms with Gasteiger partial charge in [-0.05, 0) is 55.8 Å². The third-order valence-corrected chi connectivity index (χ3v) is 7.62. The number of amides is 1. The lowest BCUT2D eigenvalue weighted by molar-refractivity contribution is -0.120. The molecule has 0 fully saturated rings. The average Bonchev–Trinajstić information content (AvgIpc) is 2.90. The molecule has 9 nitrogen and oxygen atoms in total. The molecule has 1 atom stereocenters. The van der Waals surface area contributed by atoms with Crippen LogP contribution in [0.1, 0.15) is 24.1 Å². The lowest BCUT2D eigenvalue weighted by atomic mass is 10.1. The molecule has 0 aromatic heterocycles. The molecule has 0 saturated heterocycles. The third kappa shape index (κ3) is 6.26. The molecule has 0 aliphatic carbocycles. The van der Waals surface area contributed by atoms with Crippen LogP contribution < -0.4 is 28.6 Å². The number of hydrogen-bond donors (Lipinski definition) is 1. The van der Waals surface area contributed by atoms with E-state index in [2.05, 4.69) is 5.32 Å². The van der Waals surface area contributed by atoms with E-state index >= 15 is 0 Å². The fourth-order valence-corrected chi connectivity index (χ4v) is 5.17. The lowest BCUT2D eigenvalue weighted by Crippen LogP contribution is -2.41. The highest BCUT2D eigenvalue weighted by Crippen LogP contribution is 2.34. The molecule has 0 radical (unpaired) electrons. The fourth-order valence-electron chi connectivity index (χ4n) is 3.76. The Bertz CT molecular complexity index is 1340. The van der Waals surface area contributed by atoms with Crippen molar-refractivity contribution >= 4 is 21.6 Å². The van der Waals surface area contributed by atoms with Gasteiger partial charge in [-0.15, -0.1) is 0 Å². The van der Waals surface area contributed by atoms with Crippen LogP contribution in [0.5, 0.6) is 23.0 Å². The molecule has 198 valence electrons. The summed E-state index contributed by atoms with van der Waals surface area (Å²) in [6, 6.07) is 16.0. The standard InChI is InChI=1S/C27H32N2O7S/c1-18-7-11-22(12-8-18)37(31,32)29(21-10-14-24(34-4)26(16-21)36-6)17-27(30)28-19(2)20-9-13-23(33-3)25(15-20)35-5/h7-16,19H,17H2,1-6H3,(H,28,30)/t19-/m1/s1. The van der Waals surface area contributed by atoms with Crippen molar-refractivity contribution < 1.29 is 32.2 Å². The second-order valence-electron chi connectivity index (χ2n) is 8.27. The van der Waals surface area contributed by atoms with Crippen LogP contribution in [-0.4, -0.2) is 49.3 Å². The smallest absolute Gasteiger partial charge is 0.264 e. The zero-order chi connectivity index (χ0) is 27.2. The first-order chi connectivity index (χ1) is 17.6. The number of sulfonamides is 1. The van der Waals surface area contributed by atoms with Crippen molar-refractivity contribution in [2.24, 2.45) is 0 Å². The first kappa shape index (κ1) is 27.7. The highest BCUT2D eigenvalue weighted by molar-refractivity contribution is 7.92. The predicted octanol–water partition coefficient (Wildman–Crippen LogP) is 4.10. The lowest BCUT2D eigenvalue weighted by Gasteiger charge is -2.26. The molecule has 3 rings (SSSR count). The highest BCUT2D eigenvalue weighted by Gasteiger charge is 2.28. The van der Waals surface area contributed by atoms with Crippen molar-refractivity contribution in [2.75, 3.05) is 39.3 Å². The third-order valence-electron chi connectivity index (χ3n) is 5.84. The summed E-state index contributed by atoms with van der Waals surface area (Å²) < 4.78 is 49.7. The molecule has 0 aliphatic heterocycles. The monoisotopic (exact) mass is 528 g/mol. The topological polar surface area (TPSA) is 103 Å². The predicted molar refractivity (Wildman–Crippen MR) is 141 cm³/mol. The molecule has 10 heteroatoms. The van der Waals surface area contributed by atoms with Crippen LogP contribution in [0.25, 0.3) is 0 Å². The van der Waals surface area contributed by atoms with Gasteiger partial charge in [-0.2, -0.15) is 0 Å². The van der Waals surface area contributed by atoms with E-state index in [0.29, 0.717) is 23.0 Å². The van der Waals surface area contributed by atoms with E-state index in [1.807, 2.05) is 6.92 Å². The van der Waals surface area contributed by atoms with E-state index in [-0.39, 0.29) is 10.6 Å². The molecule has 1 amide bonds.